The lowest BCUT2D eigenvalue weighted by molar-refractivity contribution is -0.134. The van der Waals surface area contributed by atoms with Crippen LogP contribution in [0.2, 0.25) is 5.02 Å². The van der Waals surface area contributed by atoms with Gasteiger partial charge in [-0.15, -0.1) is 0 Å². The Hall–Kier alpha value is -3.34. The van der Waals surface area contributed by atoms with Crippen molar-refractivity contribution in [2.75, 3.05) is 7.05 Å². The Bertz CT molecular complexity index is 859. The van der Waals surface area contributed by atoms with E-state index in [1.165, 1.54) is 0 Å². The number of carboxylic acid groups (broad SMARTS) is 2. The molecule has 0 fully saturated rings. The van der Waals surface area contributed by atoms with Crippen LogP contribution >= 0.6 is 11.6 Å². The van der Waals surface area contributed by atoms with Crippen LogP contribution in [-0.2, 0) is 16.1 Å². The van der Waals surface area contributed by atoms with Gasteiger partial charge in [0, 0.05) is 29.8 Å². The molecule has 2 aromatic carbocycles. The van der Waals surface area contributed by atoms with Crippen molar-refractivity contribution in [2.24, 2.45) is 0 Å². The van der Waals surface area contributed by atoms with Gasteiger partial charge in [0.1, 0.15) is 17.6 Å². The van der Waals surface area contributed by atoms with E-state index in [4.69, 9.17) is 31.8 Å². The fourth-order valence-electron chi connectivity index (χ4n) is 1.87. The number of ether oxygens (including phenoxy) is 1. The Morgan fingerprint density at radius 1 is 1.19 bits per heavy atom. The molecule has 7 nitrogen and oxygen atoms in total. The molecule has 0 saturated carbocycles. The molecule has 0 spiro atoms. The normalized spacial score (nSPS) is 9.81. The predicted octanol–water partition coefficient (Wildman–Crippen LogP) is 3.44. The summed E-state index contributed by atoms with van der Waals surface area (Å²) in [7, 11) is 1.89. The molecule has 0 radical (unpaired) electrons. The Labute approximate surface area is 161 Å². The highest BCUT2D eigenvalue weighted by Crippen LogP contribution is 2.28. The molecule has 0 bridgehead atoms. The summed E-state index contributed by atoms with van der Waals surface area (Å²) < 4.78 is 5.73. The second-order valence-corrected chi connectivity index (χ2v) is 5.48. The maximum Gasteiger partial charge on any atom is 0.328 e. The van der Waals surface area contributed by atoms with E-state index in [9.17, 15) is 9.59 Å². The third kappa shape index (κ3) is 8.54. The molecule has 0 aliphatic rings. The number of nitriles is 1. The molecule has 140 valence electrons. The second-order valence-electron chi connectivity index (χ2n) is 5.04. The van der Waals surface area contributed by atoms with Crippen LogP contribution in [0.15, 0.2) is 54.6 Å². The van der Waals surface area contributed by atoms with Gasteiger partial charge in [-0.2, -0.15) is 5.26 Å². The van der Waals surface area contributed by atoms with Gasteiger partial charge < -0.3 is 20.3 Å². The van der Waals surface area contributed by atoms with Gasteiger partial charge in [-0.3, -0.25) is 0 Å². The number of carbonyl (C=O) groups is 2. The van der Waals surface area contributed by atoms with Crippen molar-refractivity contribution in [3.63, 3.8) is 0 Å². The van der Waals surface area contributed by atoms with Crippen LogP contribution < -0.4 is 10.1 Å². The quantitative estimate of drug-likeness (QED) is 0.648. The molecule has 0 saturated heterocycles. The largest absolute Gasteiger partial charge is 0.478 e. The zero-order chi connectivity index (χ0) is 20.2. The molecule has 0 aromatic heterocycles. The average molecular weight is 389 g/mol. The van der Waals surface area contributed by atoms with Gasteiger partial charge in [-0.1, -0.05) is 23.7 Å². The minimum atomic E-state index is -1.26. The van der Waals surface area contributed by atoms with Crippen LogP contribution in [0.25, 0.3) is 0 Å². The van der Waals surface area contributed by atoms with Crippen molar-refractivity contribution < 1.29 is 24.5 Å². The van der Waals surface area contributed by atoms with Gasteiger partial charge in [0.05, 0.1) is 5.56 Å². The molecule has 0 heterocycles. The van der Waals surface area contributed by atoms with Gasteiger partial charge in [-0.25, -0.2) is 9.59 Å². The molecule has 8 heteroatoms. The molecule has 3 N–H and O–H groups in total. The third-order valence-corrected chi connectivity index (χ3v) is 3.17. The summed E-state index contributed by atoms with van der Waals surface area (Å²) in [5.74, 6) is -1.36. The lowest BCUT2D eigenvalue weighted by Crippen LogP contribution is -2.04. The maximum absolute atomic E-state index is 9.55. The smallest absolute Gasteiger partial charge is 0.328 e. The topological polar surface area (TPSA) is 120 Å². The van der Waals surface area contributed by atoms with Crippen molar-refractivity contribution in [2.45, 2.75) is 6.54 Å². The standard InChI is InChI=1S/C15H13ClN2O.C4H4O4/c1-18-10-11-3-2-4-14(7-11)19-15-8-13(16)6-5-12(15)9-17;5-3(6)1-2-4(7)8/h2-8,18H,10H2,1H3;1-2H,(H,5,6)(H,7,8). The maximum atomic E-state index is 9.55. The fraction of sp³-hybridized carbons (Fsp3) is 0.105. The molecule has 0 aliphatic carbocycles. The summed E-state index contributed by atoms with van der Waals surface area (Å²) in [6.07, 6.45) is 1.12. The van der Waals surface area contributed by atoms with E-state index in [1.54, 1.807) is 18.2 Å². The van der Waals surface area contributed by atoms with E-state index >= 15 is 0 Å². The minimum Gasteiger partial charge on any atom is -0.478 e. The van der Waals surface area contributed by atoms with E-state index < -0.39 is 11.9 Å². The van der Waals surface area contributed by atoms with Crippen molar-refractivity contribution in [3.05, 3.63) is 70.8 Å². The molecule has 27 heavy (non-hydrogen) atoms. The highest BCUT2D eigenvalue weighted by atomic mass is 35.5. The summed E-state index contributed by atoms with van der Waals surface area (Å²) in [5, 5.41) is 28.3. The first kappa shape index (κ1) is 21.7. The Balaban J connectivity index is 0.000000387. The predicted molar refractivity (Wildman–Crippen MR) is 99.9 cm³/mol. The molecular weight excluding hydrogens is 372 g/mol. The van der Waals surface area contributed by atoms with Crippen LogP contribution in [-0.4, -0.2) is 29.2 Å². The van der Waals surface area contributed by atoms with Crippen LogP contribution in [0.3, 0.4) is 0 Å². The third-order valence-electron chi connectivity index (χ3n) is 2.94. The van der Waals surface area contributed by atoms with Crippen molar-refractivity contribution >= 4 is 23.5 Å². The number of rotatable bonds is 6. The number of aliphatic carboxylic acids is 2. The fourth-order valence-corrected chi connectivity index (χ4v) is 2.03. The monoisotopic (exact) mass is 388 g/mol. The van der Waals surface area contributed by atoms with Crippen molar-refractivity contribution in [1.29, 1.82) is 5.26 Å². The van der Waals surface area contributed by atoms with Crippen LogP contribution in [0, 0.1) is 11.3 Å². The minimum absolute atomic E-state index is 0.461. The molecule has 2 aromatic rings. The molecule has 2 rings (SSSR count). The van der Waals surface area contributed by atoms with E-state index in [0.717, 1.165) is 12.1 Å². The molecule has 0 atom stereocenters. The van der Waals surface area contributed by atoms with E-state index in [2.05, 4.69) is 11.4 Å². The zero-order valence-electron chi connectivity index (χ0n) is 14.3. The summed E-state index contributed by atoms with van der Waals surface area (Å²) in [5.41, 5.74) is 1.57. The highest BCUT2D eigenvalue weighted by molar-refractivity contribution is 6.30. The van der Waals surface area contributed by atoms with Gasteiger partial charge in [0.15, 0.2) is 0 Å². The lowest BCUT2D eigenvalue weighted by atomic mass is 10.2. The first-order valence-corrected chi connectivity index (χ1v) is 7.98. The SMILES string of the molecule is CNCc1cccc(Oc2cc(Cl)ccc2C#N)c1.O=C(O)C=CC(=O)O. The second kappa shape index (κ2) is 11.3. The van der Waals surface area contributed by atoms with Crippen LogP contribution in [0.5, 0.6) is 11.5 Å². The van der Waals surface area contributed by atoms with Gasteiger partial charge in [0.25, 0.3) is 0 Å². The number of nitrogens with zero attached hydrogens (tertiary/aromatic N) is 1. The Morgan fingerprint density at radius 3 is 2.41 bits per heavy atom. The number of nitrogens with one attached hydrogen (secondary N) is 1. The summed E-state index contributed by atoms with van der Waals surface area (Å²) >= 11 is 5.92. The number of benzene rings is 2. The zero-order valence-corrected chi connectivity index (χ0v) is 15.1. The summed E-state index contributed by atoms with van der Waals surface area (Å²) in [4.78, 5) is 19.1. The van der Waals surface area contributed by atoms with E-state index in [0.29, 0.717) is 34.2 Å². The van der Waals surface area contributed by atoms with E-state index in [1.807, 2.05) is 31.3 Å². The Morgan fingerprint density at radius 2 is 1.85 bits per heavy atom. The number of halogens is 1. The molecule has 0 aliphatic heterocycles. The highest BCUT2D eigenvalue weighted by Gasteiger charge is 2.06. The number of hydrogen-bond donors (Lipinski definition) is 3. The van der Waals surface area contributed by atoms with Gasteiger partial charge in [-0.05, 0) is 36.9 Å². The average Bonchev–Trinajstić information content (AvgIpc) is 2.61. The van der Waals surface area contributed by atoms with Crippen molar-refractivity contribution in [1.82, 2.24) is 5.32 Å². The van der Waals surface area contributed by atoms with E-state index in [-0.39, 0.29) is 0 Å². The van der Waals surface area contributed by atoms with Crippen LogP contribution in [0.1, 0.15) is 11.1 Å². The first-order chi connectivity index (χ1) is 12.8. The van der Waals surface area contributed by atoms with Crippen LogP contribution in [0.4, 0.5) is 0 Å². The number of hydrogen-bond acceptors (Lipinski definition) is 5. The molecule has 0 unspecified atom stereocenters. The van der Waals surface area contributed by atoms with Gasteiger partial charge in [0.2, 0.25) is 0 Å². The summed E-state index contributed by atoms with van der Waals surface area (Å²) in [6, 6.07) is 14.7. The lowest BCUT2D eigenvalue weighted by Gasteiger charge is -2.09. The Kier molecular flexibility index (Phi) is 9.09. The van der Waals surface area contributed by atoms with Gasteiger partial charge >= 0.3 is 11.9 Å². The molecule has 0 amide bonds. The van der Waals surface area contributed by atoms with Crippen molar-refractivity contribution in [3.8, 4) is 17.6 Å². The summed E-state index contributed by atoms with van der Waals surface area (Å²) in [6.45, 7) is 0.762. The number of carboxylic acids is 2. The first-order valence-electron chi connectivity index (χ1n) is 7.60. The molecular formula is C19H17ClN2O5.